The highest BCUT2D eigenvalue weighted by molar-refractivity contribution is 6.29. The van der Waals surface area contributed by atoms with E-state index in [1.54, 1.807) is 12.3 Å². The van der Waals surface area contributed by atoms with E-state index in [-0.39, 0.29) is 0 Å². The zero-order valence-corrected chi connectivity index (χ0v) is 12.3. The fourth-order valence-corrected chi connectivity index (χ4v) is 1.94. The van der Waals surface area contributed by atoms with Gasteiger partial charge in [0.05, 0.1) is 6.20 Å². The van der Waals surface area contributed by atoms with Crippen LogP contribution in [0.2, 0.25) is 5.15 Å². The van der Waals surface area contributed by atoms with Crippen molar-refractivity contribution < 1.29 is 9.15 Å². The highest BCUT2D eigenvalue weighted by Crippen LogP contribution is 2.15. The van der Waals surface area contributed by atoms with E-state index in [2.05, 4.69) is 20.3 Å². The van der Waals surface area contributed by atoms with Gasteiger partial charge in [-0.1, -0.05) is 23.7 Å². The monoisotopic (exact) mass is 316 g/mol. The molecule has 0 aliphatic heterocycles. The summed E-state index contributed by atoms with van der Waals surface area (Å²) in [7, 11) is 0. The number of hydrogen-bond acceptors (Lipinski definition) is 6. The van der Waals surface area contributed by atoms with Crippen LogP contribution in [0.3, 0.4) is 0 Å². The molecule has 3 rings (SSSR count). The number of nitrogens with one attached hydrogen (secondary N) is 1. The number of aromatic nitrogens is 3. The summed E-state index contributed by atoms with van der Waals surface area (Å²) in [6.45, 7) is 0.942. The van der Waals surface area contributed by atoms with E-state index in [0.29, 0.717) is 30.0 Å². The predicted octanol–water partition coefficient (Wildman–Crippen LogP) is 3.31. The molecule has 0 spiro atoms. The van der Waals surface area contributed by atoms with Crippen molar-refractivity contribution in [2.75, 3.05) is 5.32 Å². The smallest absolute Gasteiger partial charge is 0.232 e. The molecule has 0 aliphatic rings. The lowest BCUT2D eigenvalue weighted by atomic mass is 10.2. The maximum Gasteiger partial charge on any atom is 0.232 e. The Labute approximate surface area is 132 Å². The Bertz CT molecular complexity index is 717. The SMILES string of the molecule is Clc1cc(NCc2ccc(OCc3ncco3)cc2)ncn1. The lowest BCUT2D eigenvalue weighted by molar-refractivity contribution is 0.263. The molecule has 2 heterocycles. The summed E-state index contributed by atoms with van der Waals surface area (Å²) in [6, 6.07) is 9.41. The van der Waals surface area contributed by atoms with Gasteiger partial charge >= 0.3 is 0 Å². The molecular weight excluding hydrogens is 304 g/mol. The van der Waals surface area contributed by atoms with Gasteiger partial charge in [0, 0.05) is 12.6 Å². The van der Waals surface area contributed by atoms with Gasteiger partial charge in [0.15, 0.2) is 6.61 Å². The summed E-state index contributed by atoms with van der Waals surface area (Å²) in [5, 5.41) is 3.58. The minimum absolute atomic E-state index is 0.310. The van der Waals surface area contributed by atoms with Crippen LogP contribution in [-0.4, -0.2) is 15.0 Å². The number of rotatable bonds is 6. The molecule has 112 valence electrons. The number of oxazole rings is 1. The Kier molecular flexibility index (Phi) is 4.50. The summed E-state index contributed by atoms with van der Waals surface area (Å²) in [4.78, 5) is 11.9. The van der Waals surface area contributed by atoms with Crippen molar-refractivity contribution in [1.82, 2.24) is 15.0 Å². The third-order valence-corrected chi connectivity index (χ3v) is 3.08. The standard InChI is InChI=1S/C15H13ClN4O2/c16-13-7-14(20-10-19-13)18-8-11-1-3-12(4-2-11)22-9-15-17-5-6-21-15/h1-7,10H,8-9H2,(H,18,19,20). The third-order valence-electron chi connectivity index (χ3n) is 2.88. The van der Waals surface area contributed by atoms with Crippen LogP contribution in [0.1, 0.15) is 11.5 Å². The van der Waals surface area contributed by atoms with E-state index in [0.717, 1.165) is 11.3 Å². The number of anilines is 1. The normalized spacial score (nSPS) is 10.4. The molecule has 0 fully saturated rings. The first-order chi connectivity index (χ1) is 10.8. The fourth-order valence-electron chi connectivity index (χ4n) is 1.80. The second-order valence-electron chi connectivity index (χ2n) is 4.44. The maximum atomic E-state index is 5.80. The van der Waals surface area contributed by atoms with Crippen molar-refractivity contribution in [1.29, 1.82) is 0 Å². The Morgan fingerprint density at radius 3 is 2.73 bits per heavy atom. The van der Waals surface area contributed by atoms with Gasteiger partial charge in [-0.15, -0.1) is 0 Å². The van der Waals surface area contributed by atoms with Gasteiger partial charge in [0.1, 0.15) is 29.3 Å². The zero-order valence-electron chi connectivity index (χ0n) is 11.6. The second kappa shape index (κ2) is 6.91. The number of halogens is 1. The van der Waals surface area contributed by atoms with Crippen molar-refractivity contribution in [3.05, 3.63) is 65.7 Å². The van der Waals surface area contributed by atoms with Crippen molar-refractivity contribution in [2.45, 2.75) is 13.2 Å². The molecule has 22 heavy (non-hydrogen) atoms. The zero-order chi connectivity index (χ0) is 15.2. The second-order valence-corrected chi connectivity index (χ2v) is 4.83. The molecule has 0 bridgehead atoms. The molecule has 0 atom stereocenters. The lowest BCUT2D eigenvalue weighted by Gasteiger charge is -2.07. The average molecular weight is 317 g/mol. The summed E-state index contributed by atoms with van der Waals surface area (Å²) < 4.78 is 10.7. The Balaban J connectivity index is 1.53. The first-order valence-corrected chi connectivity index (χ1v) is 6.99. The van der Waals surface area contributed by atoms with Crippen LogP contribution in [0.5, 0.6) is 5.75 Å². The number of benzene rings is 1. The van der Waals surface area contributed by atoms with Gasteiger partial charge in [0.25, 0.3) is 0 Å². The van der Waals surface area contributed by atoms with E-state index < -0.39 is 0 Å². The predicted molar refractivity (Wildman–Crippen MR) is 81.6 cm³/mol. The van der Waals surface area contributed by atoms with Crippen LogP contribution in [0.25, 0.3) is 0 Å². The van der Waals surface area contributed by atoms with E-state index in [1.807, 2.05) is 24.3 Å². The van der Waals surface area contributed by atoms with Crippen LogP contribution >= 0.6 is 11.6 Å². The number of hydrogen-bond donors (Lipinski definition) is 1. The van der Waals surface area contributed by atoms with Gasteiger partial charge in [0.2, 0.25) is 5.89 Å². The molecule has 1 N–H and O–H groups in total. The van der Waals surface area contributed by atoms with E-state index in [4.69, 9.17) is 20.8 Å². The summed E-state index contributed by atoms with van der Waals surface area (Å²) in [6.07, 6.45) is 4.53. The van der Waals surface area contributed by atoms with Gasteiger partial charge in [-0.2, -0.15) is 0 Å². The van der Waals surface area contributed by atoms with Gasteiger partial charge in [-0.25, -0.2) is 15.0 Å². The average Bonchev–Trinajstić information content (AvgIpc) is 3.05. The maximum absolute atomic E-state index is 5.80. The quantitative estimate of drug-likeness (QED) is 0.703. The molecule has 0 saturated heterocycles. The van der Waals surface area contributed by atoms with Crippen molar-refractivity contribution in [3.63, 3.8) is 0 Å². The third kappa shape index (κ3) is 3.95. The number of ether oxygens (including phenoxy) is 1. The van der Waals surface area contributed by atoms with Gasteiger partial charge < -0.3 is 14.5 Å². The molecule has 0 radical (unpaired) electrons. The van der Waals surface area contributed by atoms with Crippen molar-refractivity contribution >= 4 is 17.4 Å². The Morgan fingerprint density at radius 1 is 1.14 bits per heavy atom. The Morgan fingerprint density at radius 2 is 2.00 bits per heavy atom. The molecule has 0 amide bonds. The van der Waals surface area contributed by atoms with Crippen molar-refractivity contribution in [3.8, 4) is 5.75 Å². The van der Waals surface area contributed by atoms with E-state index in [9.17, 15) is 0 Å². The summed E-state index contributed by atoms with van der Waals surface area (Å²) in [5.41, 5.74) is 1.10. The molecule has 0 saturated carbocycles. The fraction of sp³-hybridized carbons (Fsp3) is 0.133. The molecular formula is C15H13ClN4O2. The summed E-state index contributed by atoms with van der Waals surface area (Å²) >= 11 is 5.80. The first-order valence-electron chi connectivity index (χ1n) is 6.61. The topological polar surface area (TPSA) is 73.1 Å². The minimum atomic E-state index is 0.310. The largest absolute Gasteiger partial charge is 0.484 e. The van der Waals surface area contributed by atoms with Crippen LogP contribution in [-0.2, 0) is 13.2 Å². The van der Waals surface area contributed by atoms with E-state index in [1.165, 1.54) is 12.6 Å². The number of nitrogens with zero attached hydrogens (tertiary/aromatic N) is 3. The summed E-state index contributed by atoms with van der Waals surface area (Å²) in [5.74, 6) is 1.99. The molecule has 7 heteroatoms. The van der Waals surface area contributed by atoms with Crippen LogP contribution < -0.4 is 10.1 Å². The van der Waals surface area contributed by atoms with Crippen LogP contribution in [0.4, 0.5) is 5.82 Å². The van der Waals surface area contributed by atoms with Crippen LogP contribution in [0.15, 0.2) is 53.5 Å². The van der Waals surface area contributed by atoms with Crippen molar-refractivity contribution in [2.24, 2.45) is 0 Å². The Hall–Kier alpha value is -2.60. The molecule has 1 aromatic carbocycles. The molecule has 2 aromatic heterocycles. The molecule has 0 aliphatic carbocycles. The van der Waals surface area contributed by atoms with Gasteiger partial charge in [-0.3, -0.25) is 0 Å². The molecule has 3 aromatic rings. The molecule has 0 unspecified atom stereocenters. The first kappa shape index (κ1) is 14.3. The minimum Gasteiger partial charge on any atom is -0.484 e. The molecule has 6 nitrogen and oxygen atoms in total. The van der Waals surface area contributed by atoms with Crippen LogP contribution in [0, 0.1) is 0 Å². The highest BCUT2D eigenvalue weighted by atomic mass is 35.5. The lowest BCUT2D eigenvalue weighted by Crippen LogP contribution is -2.02. The van der Waals surface area contributed by atoms with Gasteiger partial charge in [-0.05, 0) is 17.7 Å². The van der Waals surface area contributed by atoms with E-state index >= 15 is 0 Å². The highest BCUT2D eigenvalue weighted by Gasteiger charge is 2.01.